The molecule has 4 nitrogen and oxygen atoms in total. The third-order valence-electron chi connectivity index (χ3n) is 10.6. The second-order valence-corrected chi connectivity index (χ2v) is 15.5. The van der Waals surface area contributed by atoms with Gasteiger partial charge < -0.3 is 15.5 Å². The number of hydrogen-bond donors (Lipinski definition) is 3. The van der Waals surface area contributed by atoms with Gasteiger partial charge in [0.15, 0.2) is 0 Å². The van der Waals surface area contributed by atoms with Crippen LogP contribution in [-0.4, -0.2) is 34.9 Å². The van der Waals surface area contributed by atoms with E-state index in [0.717, 1.165) is 25.7 Å². The zero-order valence-corrected chi connectivity index (χ0v) is 33.0. The number of nitrogens with one attached hydrogen (secondary N) is 1. The van der Waals surface area contributed by atoms with E-state index in [2.05, 4.69) is 19.2 Å². The predicted molar refractivity (Wildman–Crippen MR) is 212 cm³/mol. The summed E-state index contributed by atoms with van der Waals surface area (Å²) in [7, 11) is 0. The summed E-state index contributed by atoms with van der Waals surface area (Å²) in [5, 5.41) is 23.1. The Labute approximate surface area is 302 Å². The van der Waals surface area contributed by atoms with Crippen LogP contribution in [0.25, 0.3) is 0 Å². The second-order valence-electron chi connectivity index (χ2n) is 15.5. The molecule has 0 bridgehead atoms. The lowest BCUT2D eigenvalue weighted by Gasteiger charge is -2.22. The molecule has 0 aliphatic rings. The number of amides is 1. The third kappa shape index (κ3) is 36.7. The van der Waals surface area contributed by atoms with Crippen LogP contribution in [0.4, 0.5) is 0 Å². The fraction of sp³-hybridized carbons (Fsp3) is 0.977. The molecule has 288 valence electrons. The lowest BCUT2D eigenvalue weighted by molar-refractivity contribution is -0.123. The Kier molecular flexibility index (Phi) is 40.3. The van der Waals surface area contributed by atoms with Gasteiger partial charge in [-0.3, -0.25) is 4.79 Å². The van der Waals surface area contributed by atoms with Gasteiger partial charge in [-0.15, -0.1) is 0 Å². The summed E-state index contributed by atoms with van der Waals surface area (Å²) in [6, 6.07) is -0.528. The SMILES string of the molecule is CCCCCCCCCCCCCCCCCCCCCCCCCC(=O)N[C@H](CO)[C@H](O)CCCCCCCCCCCCCCC. The molecule has 0 spiro atoms. The van der Waals surface area contributed by atoms with E-state index in [-0.39, 0.29) is 12.5 Å². The van der Waals surface area contributed by atoms with Gasteiger partial charge in [-0.25, -0.2) is 0 Å². The summed E-state index contributed by atoms with van der Waals surface area (Å²) >= 11 is 0. The zero-order chi connectivity index (χ0) is 35.0. The van der Waals surface area contributed by atoms with Crippen LogP contribution in [0.1, 0.15) is 258 Å². The Morgan fingerprint density at radius 2 is 0.667 bits per heavy atom. The van der Waals surface area contributed by atoms with Crippen LogP contribution in [0.3, 0.4) is 0 Å². The Balaban J connectivity index is 3.43. The summed E-state index contributed by atoms with van der Waals surface area (Å²) in [5.41, 5.74) is 0. The first-order valence-corrected chi connectivity index (χ1v) is 22.2. The van der Waals surface area contributed by atoms with Crippen molar-refractivity contribution >= 4 is 5.91 Å². The highest BCUT2D eigenvalue weighted by molar-refractivity contribution is 5.76. The van der Waals surface area contributed by atoms with Gasteiger partial charge in [0, 0.05) is 6.42 Å². The molecule has 0 fully saturated rings. The smallest absolute Gasteiger partial charge is 0.220 e. The number of aliphatic hydroxyl groups excluding tert-OH is 2. The largest absolute Gasteiger partial charge is 0.394 e. The summed E-state index contributed by atoms with van der Waals surface area (Å²) in [4.78, 5) is 12.4. The molecular formula is C44H89NO3. The van der Waals surface area contributed by atoms with Gasteiger partial charge in [0.1, 0.15) is 0 Å². The van der Waals surface area contributed by atoms with Crippen molar-refractivity contribution in [2.75, 3.05) is 6.61 Å². The van der Waals surface area contributed by atoms with Crippen LogP contribution in [-0.2, 0) is 4.79 Å². The van der Waals surface area contributed by atoms with Crippen LogP contribution in [0.15, 0.2) is 0 Å². The van der Waals surface area contributed by atoms with E-state index in [0.29, 0.717) is 12.8 Å². The van der Waals surface area contributed by atoms with E-state index < -0.39 is 12.1 Å². The van der Waals surface area contributed by atoms with Crippen LogP contribution in [0, 0.1) is 0 Å². The van der Waals surface area contributed by atoms with Crippen molar-refractivity contribution in [2.24, 2.45) is 0 Å². The highest BCUT2D eigenvalue weighted by Gasteiger charge is 2.20. The molecule has 0 aromatic heterocycles. The van der Waals surface area contributed by atoms with Crippen molar-refractivity contribution in [2.45, 2.75) is 270 Å². The third-order valence-corrected chi connectivity index (χ3v) is 10.6. The molecule has 3 N–H and O–H groups in total. The average Bonchev–Trinajstić information content (AvgIpc) is 3.09. The van der Waals surface area contributed by atoms with E-state index >= 15 is 0 Å². The molecule has 2 atom stereocenters. The Bertz CT molecular complexity index is 612. The van der Waals surface area contributed by atoms with Gasteiger partial charge in [-0.2, -0.15) is 0 Å². The van der Waals surface area contributed by atoms with Gasteiger partial charge in [0.05, 0.1) is 18.8 Å². The number of unbranched alkanes of at least 4 members (excludes halogenated alkanes) is 34. The lowest BCUT2D eigenvalue weighted by Crippen LogP contribution is -2.45. The number of carbonyl (C=O) groups is 1. The van der Waals surface area contributed by atoms with Crippen LogP contribution < -0.4 is 5.32 Å². The lowest BCUT2D eigenvalue weighted by atomic mass is 10.0. The number of hydrogen-bond acceptors (Lipinski definition) is 3. The van der Waals surface area contributed by atoms with Gasteiger partial charge in [-0.05, 0) is 12.8 Å². The van der Waals surface area contributed by atoms with E-state index in [1.54, 1.807) is 0 Å². The maximum absolute atomic E-state index is 12.4. The van der Waals surface area contributed by atoms with Crippen LogP contribution >= 0.6 is 0 Å². The molecule has 0 saturated heterocycles. The monoisotopic (exact) mass is 680 g/mol. The average molecular weight is 680 g/mol. The molecule has 0 heterocycles. The normalized spacial score (nSPS) is 12.8. The predicted octanol–water partition coefficient (Wildman–Crippen LogP) is 13.7. The molecule has 48 heavy (non-hydrogen) atoms. The van der Waals surface area contributed by atoms with Crippen molar-refractivity contribution in [3.05, 3.63) is 0 Å². The Morgan fingerprint density at radius 3 is 0.938 bits per heavy atom. The van der Waals surface area contributed by atoms with Crippen LogP contribution in [0.2, 0.25) is 0 Å². The molecular weight excluding hydrogens is 590 g/mol. The van der Waals surface area contributed by atoms with Crippen molar-refractivity contribution in [3.63, 3.8) is 0 Å². The molecule has 0 saturated carbocycles. The summed E-state index contributed by atoms with van der Waals surface area (Å²) in [6.45, 7) is 4.38. The fourth-order valence-electron chi connectivity index (χ4n) is 7.19. The Morgan fingerprint density at radius 1 is 0.417 bits per heavy atom. The van der Waals surface area contributed by atoms with E-state index in [1.807, 2.05) is 0 Å². The molecule has 0 rings (SSSR count). The first kappa shape index (κ1) is 47.4. The number of rotatable bonds is 41. The minimum Gasteiger partial charge on any atom is -0.394 e. The standard InChI is InChI=1S/C44H89NO3/c1-3-5-7-9-11-13-15-17-18-19-20-21-22-23-24-25-26-28-30-32-34-36-38-40-44(48)45-42(41-46)43(47)39-37-35-33-31-29-27-16-14-12-10-8-6-4-2/h42-43,46-47H,3-41H2,1-2H3,(H,45,48)/t42-,43-/m1/s1. The van der Waals surface area contributed by atoms with Gasteiger partial charge >= 0.3 is 0 Å². The van der Waals surface area contributed by atoms with E-state index in [9.17, 15) is 15.0 Å². The van der Waals surface area contributed by atoms with Gasteiger partial charge in [0.25, 0.3) is 0 Å². The second kappa shape index (κ2) is 40.8. The number of aliphatic hydroxyl groups is 2. The van der Waals surface area contributed by atoms with Crippen molar-refractivity contribution in [3.8, 4) is 0 Å². The minimum absolute atomic E-state index is 0.0260. The highest BCUT2D eigenvalue weighted by atomic mass is 16.3. The Hall–Kier alpha value is -0.610. The highest BCUT2D eigenvalue weighted by Crippen LogP contribution is 2.17. The summed E-state index contributed by atoms with van der Waals surface area (Å²) < 4.78 is 0. The van der Waals surface area contributed by atoms with E-state index in [4.69, 9.17) is 0 Å². The number of carbonyl (C=O) groups excluding carboxylic acids is 1. The molecule has 4 heteroatoms. The molecule has 0 radical (unpaired) electrons. The molecule has 1 amide bonds. The maximum atomic E-state index is 12.4. The molecule has 0 unspecified atom stereocenters. The first-order chi connectivity index (χ1) is 23.7. The van der Waals surface area contributed by atoms with Gasteiger partial charge in [-0.1, -0.05) is 239 Å². The first-order valence-electron chi connectivity index (χ1n) is 22.2. The molecule has 0 aromatic rings. The minimum atomic E-state index is -0.652. The van der Waals surface area contributed by atoms with Gasteiger partial charge in [0.2, 0.25) is 5.91 Å². The quantitative estimate of drug-likeness (QED) is 0.0563. The molecule has 0 aliphatic heterocycles. The van der Waals surface area contributed by atoms with Crippen molar-refractivity contribution in [1.82, 2.24) is 5.32 Å². The topological polar surface area (TPSA) is 69.6 Å². The van der Waals surface area contributed by atoms with Crippen molar-refractivity contribution in [1.29, 1.82) is 0 Å². The maximum Gasteiger partial charge on any atom is 0.220 e. The molecule has 0 aliphatic carbocycles. The zero-order valence-electron chi connectivity index (χ0n) is 33.0. The summed E-state index contributed by atoms with van der Waals surface area (Å²) in [5.74, 6) is -0.0260. The summed E-state index contributed by atoms with van der Waals surface area (Å²) in [6.07, 6.45) is 49.0. The fourth-order valence-corrected chi connectivity index (χ4v) is 7.19. The van der Waals surface area contributed by atoms with Crippen molar-refractivity contribution < 1.29 is 15.0 Å². The van der Waals surface area contributed by atoms with E-state index in [1.165, 1.54) is 205 Å². The molecule has 0 aromatic carbocycles. The van der Waals surface area contributed by atoms with Crippen LogP contribution in [0.5, 0.6) is 0 Å².